The minimum Gasteiger partial charge on any atom is -0.497 e. The lowest BCUT2D eigenvalue weighted by Gasteiger charge is -2.18. The predicted octanol–water partition coefficient (Wildman–Crippen LogP) is 1.92. The quantitative estimate of drug-likeness (QED) is 0.525. The number of hydrogen-bond acceptors (Lipinski definition) is 7. The average molecular weight is 453 g/mol. The maximum atomic E-state index is 12.5. The minimum absolute atomic E-state index is 0.0194. The third-order valence-corrected chi connectivity index (χ3v) is 5.94. The molecule has 0 aliphatic rings. The normalized spacial score (nSPS) is 11.0. The number of carbonyl (C=O) groups is 1. The molecule has 9 nitrogen and oxygen atoms in total. The number of sulfonamides is 1. The number of ether oxygens (including phenoxy) is 4. The van der Waals surface area contributed by atoms with Gasteiger partial charge in [0.1, 0.15) is 18.1 Å². The van der Waals surface area contributed by atoms with Crippen molar-refractivity contribution in [3.63, 3.8) is 0 Å². The van der Waals surface area contributed by atoms with Crippen LogP contribution in [0.25, 0.3) is 0 Å². The fourth-order valence-electron chi connectivity index (χ4n) is 2.65. The summed E-state index contributed by atoms with van der Waals surface area (Å²) >= 11 is 0. The van der Waals surface area contributed by atoms with Crippen molar-refractivity contribution in [3.8, 4) is 23.0 Å². The first-order valence-corrected chi connectivity index (χ1v) is 11.0. The van der Waals surface area contributed by atoms with Gasteiger partial charge in [0.2, 0.25) is 15.9 Å². The number of hydrogen-bond donors (Lipinski definition) is 1. The summed E-state index contributed by atoms with van der Waals surface area (Å²) in [5, 5.41) is 0. The Hall–Kier alpha value is -2.98. The van der Waals surface area contributed by atoms with E-state index in [2.05, 4.69) is 4.72 Å². The second-order valence-electron chi connectivity index (χ2n) is 6.50. The molecule has 1 N–H and O–H groups in total. The summed E-state index contributed by atoms with van der Waals surface area (Å²) in [7, 11) is 2.33. The fraction of sp³-hybridized carbons (Fsp3) is 0.381. The third-order valence-electron chi connectivity index (χ3n) is 4.48. The van der Waals surface area contributed by atoms with E-state index in [4.69, 9.17) is 18.9 Å². The number of benzene rings is 2. The number of carbonyl (C=O) groups excluding carboxylic acids is 1. The highest BCUT2D eigenvalue weighted by Gasteiger charge is 2.18. The molecule has 0 fully saturated rings. The van der Waals surface area contributed by atoms with Gasteiger partial charge in [0, 0.05) is 26.1 Å². The van der Waals surface area contributed by atoms with Crippen molar-refractivity contribution in [2.45, 2.75) is 11.3 Å². The van der Waals surface area contributed by atoms with Crippen LogP contribution in [-0.4, -0.2) is 67.3 Å². The van der Waals surface area contributed by atoms with Crippen LogP contribution in [-0.2, 0) is 14.8 Å². The Morgan fingerprint density at radius 1 is 0.935 bits per heavy atom. The molecular weight excluding hydrogens is 424 g/mol. The van der Waals surface area contributed by atoms with E-state index in [9.17, 15) is 13.2 Å². The summed E-state index contributed by atoms with van der Waals surface area (Å²) in [5.41, 5.74) is 0. The van der Waals surface area contributed by atoms with Gasteiger partial charge in [-0.3, -0.25) is 4.79 Å². The van der Waals surface area contributed by atoms with Gasteiger partial charge in [-0.05, 0) is 36.4 Å². The van der Waals surface area contributed by atoms with E-state index in [0.717, 1.165) is 5.75 Å². The van der Waals surface area contributed by atoms with E-state index in [-0.39, 0.29) is 23.8 Å². The van der Waals surface area contributed by atoms with Gasteiger partial charge in [-0.25, -0.2) is 13.1 Å². The Balaban J connectivity index is 1.79. The summed E-state index contributed by atoms with van der Waals surface area (Å²) in [5.74, 6) is 1.93. The van der Waals surface area contributed by atoms with Crippen molar-refractivity contribution in [1.82, 2.24) is 9.62 Å². The van der Waals surface area contributed by atoms with Crippen LogP contribution < -0.4 is 23.7 Å². The van der Waals surface area contributed by atoms with Gasteiger partial charge < -0.3 is 23.8 Å². The summed E-state index contributed by atoms with van der Waals surface area (Å²) < 4.78 is 48.3. The molecule has 2 rings (SSSR count). The Bertz CT molecular complexity index is 962. The molecule has 1 amide bonds. The molecule has 0 aliphatic carbocycles. The van der Waals surface area contributed by atoms with Gasteiger partial charge in [-0.2, -0.15) is 0 Å². The molecule has 0 unspecified atom stereocenters. The van der Waals surface area contributed by atoms with Crippen molar-refractivity contribution in [3.05, 3.63) is 42.5 Å². The Morgan fingerprint density at radius 3 is 2.19 bits per heavy atom. The van der Waals surface area contributed by atoms with Crippen molar-refractivity contribution in [1.29, 1.82) is 0 Å². The number of likely N-dealkylation sites (N-methyl/N-ethyl adjacent to an activating group) is 1. The molecule has 2 aromatic rings. The number of methoxy groups -OCH3 is 3. The van der Waals surface area contributed by atoms with Gasteiger partial charge >= 0.3 is 0 Å². The van der Waals surface area contributed by atoms with E-state index in [1.807, 2.05) is 0 Å². The fourth-order valence-corrected chi connectivity index (χ4v) is 3.69. The SMILES string of the molecule is COc1ccc(OCCN(C)C(=O)CCNS(=O)(=O)c2ccc(OC)c(OC)c2)cc1. The highest BCUT2D eigenvalue weighted by molar-refractivity contribution is 7.89. The molecule has 0 saturated carbocycles. The number of nitrogens with zero attached hydrogens (tertiary/aromatic N) is 1. The largest absolute Gasteiger partial charge is 0.497 e. The van der Waals surface area contributed by atoms with Gasteiger partial charge in [-0.1, -0.05) is 0 Å². The van der Waals surface area contributed by atoms with Crippen molar-refractivity contribution >= 4 is 15.9 Å². The van der Waals surface area contributed by atoms with Crippen molar-refractivity contribution in [2.24, 2.45) is 0 Å². The minimum atomic E-state index is -3.79. The maximum absolute atomic E-state index is 12.5. The second kappa shape index (κ2) is 11.4. The molecular formula is C21H28N2O7S. The molecule has 0 aromatic heterocycles. The summed E-state index contributed by atoms with van der Waals surface area (Å²) in [6.07, 6.45) is 0.0194. The van der Waals surface area contributed by atoms with E-state index >= 15 is 0 Å². The van der Waals surface area contributed by atoms with Crippen LogP contribution in [0.2, 0.25) is 0 Å². The second-order valence-corrected chi connectivity index (χ2v) is 8.27. The molecule has 0 aliphatic heterocycles. The number of nitrogens with one attached hydrogen (secondary N) is 1. The van der Waals surface area contributed by atoms with Crippen LogP contribution in [0.15, 0.2) is 47.4 Å². The first-order chi connectivity index (χ1) is 14.8. The lowest BCUT2D eigenvalue weighted by atomic mass is 10.3. The smallest absolute Gasteiger partial charge is 0.240 e. The molecule has 0 saturated heterocycles. The monoisotopic (exact) mass is 452 g/mol. The summed E-state index contributed by atoms with van der Waals surface area (Å²) in [6.45, 7) is 0.651. The zero-order valence-electron chi connectivity index (χ0n) is 18.1. The summed E-state index contributed by atoms with van der Waals surface area (Å²) in [4.78, 5) is 13.8. The first-order valence-electron chi connectivity index (χ1n) is 9.53. The van der Waals surface area contributed by atoms with Gasteiger partial charge in [-0.15, -0.1) is 0 Å². The zero-order valence-corrected chi connectivity index (χ0v) is 18.9. The highest BCUT2D eigenvalue weighted by Crippen LogP contribution is 2.29. The Kier molecular flexibility index (Phi) is 8.95. The Morgan fingerprint density at radius 2 is 1.58 bits per heavy atom. The molecule has 170 valence electrons. The molecule has 0 atom stereocenters. The molecule has 31 heavy (non-hydrogen) atoms. The third kappa shape index (κ3) is 7.04. The van der Waals surface area contributed by atoms with Crippen LogP contribution in [0.4, 0.5) is 0 Å². The van der Waals surface area contributed by atoms with Crippen molar-refractivity contribution < 1.29 is 32.2 Å². The molecule has 10 heteroatoms. The van der Waals surface area contributed by atoms with E-state index in [0.29, 0.717) is 30.4 Å². The van der Waals surface area contributed by atoms with Crippen LogP contribution in [0.5, 0.6) is 23.0 Å². The van der Waals surface area contributed by atoms with Crippen LogP contribution in [0, 0.1) is 0 Å². The maximum Gasteiger partial charge on any atom is 0.240 e. The zero-order chi connectivity index (χ0) is 22.9. The molecule has 0 bridgehead atoms. The van der Waals surface area contributed by atoms with E-state index in [1.165, 1.54) is 37.3 Å². The summed E-state index contributed by atoms with van der Waals surface area (Å²) in [6, 6.07) is 11.4. The van der Waals surface area contributed by atoms with Crippen molar-refractivity contribution in [2.75, 3.05) is 48.1 Å². The number of amides is 1. The van der Waals surface area contributed by atoms with Gasteiger partial charge in [0.05, 0.1) is 32.8 Å². The van der Waals surface area contributed by atoms with E-state index in [1.54, 1.807) is 38.4 Å². The lowest BCUT2D eigenvalue weighted by Crippen LogP contribution is -2.34. The molecule has 0 spiro atoms. The average Bonchev–Trinajstić information content (AvgIpc) is 2.78. The molecule has 0 heterocycles. The molecule has 0 radical (unpaired) electrons. The first kappa shape index (κ1) is 24.3. The molecule has 2 aromatic carbocycles. The van der Waals surface area contributed by atoms with Crippen LogP contribution in [0.1, 0.15) is 6.42 Å². The van der Waals surface area contributed by atoms with Crippen LogP contribution >= 0.6 is 0 Å². The number of rotatable bonds is 12. The topological polar surface area (TPSA) is 103 Å². The predicted molar refractivity (Wildman–Crippen MR) is 115 cm³/mol. The van der Waals surface area contributed by atoms with Gasteiger partial charge in [0.15, 0.2) is 11.5 Å². The van der Waals surface area contributed by atoms with E-state index < -0.39 is 10.0 Å². The van der Waals surface area contributed by atoms with Gasteiger partial charge in [0.25, 0.3) is 0 Å². The highest BCUT2D eigenvalue weighted by atomic mass is 32.2. The van der Waals surface area contributed by atoms with Crippen LogP contribution in [0.3, 0.4) is 0 Å². The standard InChI is InChI=1S/C21H28N2O7S/c1-23(13-14-30-17-7-5-16(27-2)6-8-17)21(24)11-12-22-31(25,26)18-9-10-19(28-3)20(15-18)29-4/h5-10,15,22H,11-14H2,1-4H3. The Labute approximate surface area is 182 Å². The lowest BCUT2D eigenvalue weighted by molar-refractivity contribution is -0.130.